The van der Waals surface area contributed by atoms with Crippen LogP contribution in [-0.4, -0.2) is 22.4 Å². The van der Waals surface area contributed by atoms with Gasteiger partial charge in [-0.15, -0.1) is 0 Å². The summed E-state index contributed by atoms with van der Waals surface area (Å²) in [6, 6.07) is -0.0379. The van der Waals surface area contributed by atoms with Crippen LogP contribution in [0, 0.1) is 0 Å². The summed E-state index contributed by atoms with van der Waals surface area (Å²) >= 11 is 0. The number of amides is 1. The first kappa shape index (κ1) is 10.7. The van der Waals surface area contributed by atoms with Crippen LogP contribution in [0.4, 0.5) is 0 Å². The minimum Gasteiger partial charge on any atom is -0.347 e. The number of nitrogens with zero attached hydrogens (tertiary/aromatic N) is 1. The summed E-state index contributed by atoms with van der Waals surface area (Å²) in [5.74, 6) is 0.758. The number of carbonyl (C=O) groups is 1. The lowest BCUT2D eigenvalue weighted by atomic mass is 10.2. The molecule has 0 spiro atoms. The summed E-state index contributed by atoms with van der Waals surface area (Å²) in [6.07, 6.45) is 4.58. The molecule has 0 fully saturated rings. The van der Waals surface area contributed by atoms with Gasteiger partial charge in [0.15, 0.2) is 0 Å². The van der Waals surface area contributed by atoms with Crippen molar-refractivity contribution in [3.05, 3.63) is 18.2 Å². The molecule has 0 aromatic carbocycles. The van der Waals surface area contributed by atoms with E-state index in [4.69, 9.17) is 5.73 Å². The Morgan fingerprint density at radius 3 is 3.07 bits per heavy atom. The fraction of sp³-hybridized carbons (Fsp3) is 0.556. The fourth-order valence-electron chi connectivity index (χ4n) is 1.23. The highest BCUT2D eigenvalue weighted by Crippen LogP contribution is 2.10. The van der Waals surface area contributed by atoms with Gasteiger partial charge in [0.25, 0.3) is 0 Å². The highest BCUT2D eigenvalue weighted by atomic mass is 16.1. The molecule has 0 aliphatic carbocycles. The van der Waals surface area contributed by atoms with E-state index in [0.717, 1.165) is 12.2 Å². The van der Waals surface area contributed by atoms with Crippen molar-refractivity contribution < 1.29 is 4.79 Å². The molecule has 0 saturated carbocycles. The summed E-state index contributed by atoms with van der Waals surface area (Å²) in [4.78, 5) is 18.4. The minimum absolute atomic E-state index is 0.0317. The van der Waals surface area contributed by atoms with Crippen LogP contribution in [-0.2, 0) is 4.79 Å². The number of hydrogen-bond donors (Lipinski definition) is 3. The summed E-state index contributed by atoms with van der Waals surface area (Å²) in [5, 5.41) is 2.86. The van der Waals surface area contributed by atoms with Crippen molar-refractivity contribution in [3.63, 3.8) is 0 Å². The average molecular weight is 196 g/mol. The van der Waals surface area contributed by atoms with Gasteiger partial charge in [-0.3, -0.25) is 4.79 Å². The fourth-order valence-corrected chi connectivity index (χ4v) is 1.23. The van der Waals surface area contributed by atoms with Crippen LogP contribution in [0.5, 0.6) is 0 Å². The summed E-state index contributed by atoms with van der Waals surface area (Å²) in [7, 11) is 0. The minimum atomic E-state index is -0.0379. The first-order valence-corrected chi connectivity index (χ1v) is 4.76. The van der Waals surface area contributed by atoms with Crippen LogP contribution in [0.2, 0.25) is 0 Å². The number of imidazole rings is 1. The highest BCUT2D eigenvalue weighted by Gasteiger charge is 2.13. The molecule has 1 amide bonds. The van der Waals surface area contributed by atoms with Gasteiger partial charge in [0, 0.05) is 25.4 Å². The molecular formula is C9H16N4O. The summed E-state index contributed by atoms with van der Waals surface area (Å²) in [5.41, 5.74) is 5.28. The lowest BCUT2D eigenvalue weighted by Crippen LogP contribution is -2.30. The molecule has 1 aromatic heterocycles. The van der Waals surface area contributed by atoms with Gasteiger partial charge in [0.2, 0.25) is 5.91 Å². The third-order valence-electron chi connectivity index (χ3n) is 1.96. The zero-order chi connectivity index (χ0) is 10.4. The monoisotopic (exact) mass is 196 g/mol. The van der Waals surface area contributed by atoms with E-state index in [2.05, 4.69) is 15.3 Å². The number of hydrogen-bond acceptors (Lipinski definition) is 3. The molecule has 1 aromatic rings. The average Bonchev–Trinajstić information content (AvgIpc) is 2.67. The van der Waals surface area contributed by atoms with Crippen molar-refractivity contribution >= 4 is 5.91 Å². The first-order chi connectivity index (χ1) is 6.77. The van der Waals surface area contributed by atoms with Crippen LogP contribution in [0.15, 0.2) is 12.4 Å². The van der Waals surface area contributed by atoms with E-state index in [1.165, 1.54) is 0 Å². The third kappa shape index (κ3) is 2.85. The zero-order valence-electron chi connectivity index (χ0n) is 8.29. The van der Waals surface area contributed by atoms with Crippen molar-refractivity contribution in [2.24, 2.45) is 5.73 Å². The lowest BCUT2D eigenvalue weighted by Gasteiger charge is -2.13. The molecule has 1 heterocycles. The maximum atomic E-state index is 11.3. The Kier molecular flexibility index (Phi) is 4.12. The SMILES string of the molecule is CCC(NC(=O)CCN)c1ncc[nH]1. The Morgan fingerprint density at radius 1 is 1.79 bits per heavy atom. The van der Waals surface area contributed by atoms with E-state index in [1.54, 1.807) is 12.4 Å². The standard InChI is InChI=1S/C9H16N4O/c1-2-7(9-11-5-6-12-9)13-8(14)3-4-10/h5-7H,2-4,10H2,1H3,(H,11,12)(H,13,14). The first-order valence-electron chi connectivity index (χ1n) is 4.76. The summed E-state index contributed by atoms with van der Waals surface area (Å²) in [6.45, 7) is 2.37. The van der Waals surface area contributed by atoms with Gasteiger partial charge in [0.1, 0.15) is 5.82 Å². The molecule has 0 bridgehead atoms. The van der Waals surface area contributed by atoms with Crippen LogP contribution in [0.1, 0.15) is 31.6 Å². The molecule has 0 radical (unpaired) electrons. The highest BCUT2D eigenvalue weighted by molar-refractivity contribution is 5.76. The van der Waals surface area contributed by atoms with Crippen LogP contribution >= 0.6 is 0 Å². The number of H-pyrrole nitrogens is 1. The van der Waals surface area contributed by atoms with Crippen LogP contribution < -0.4 is 11.1 Å². The van der Waals surface area contributed by atoms with Crippen molar-refractivity contribution in [2.75, 3.05) is 6.54 Å². The normalized spacial score (nSPS) is 12.4. The Morgan fingerprint density at radius 2 is 2.57 bits per heavy atom. The number of rotatable bonds is 5. The largest absolute Gasteiger partial charge is 0.347 e. The van der Waals surface area contributed by atoms with E-state index in [1.807, 2.05) is 6.92 Å². The zero-order valence-corrected chi connectivity index (χ0v) is 8.29. The molecule has 1 unspecified atom stereocenters. The van der Waals surface area contributed by atoms with Crippen LogP contribution in [0.3, 0.4) is 0 Å². The second kappa shape index (κ2) is 5.39. The molecular weight excluding hydrogens is 180 g/mol. The van der Waals surface area contributed by atoms with Crippen molar-refractivity contribution in [1.29, 1.82) is 0 Å². The van der Waals surface area contributed by atoms with Crippen molar-refractivity contribution in [2.45, 2.75) is 25.8 Å². The number of aromatic amines is 1. The summed E-state index contributed by atoms with van der Waals surface area (Å²) < 4.78 is 0. The molecule has 0 saturated heterocycles. The molecule has 5 heteroatoms. The molecule has 0 aliphatic heterocycles. The Labute approximate surface area is 83.1 Å². The topological polar surface area (TPSA) is 83.8 Å². The second-order valence-corrected chi connectivity index (χ2v) is 3.04. The maximum absolute atomic E-state index is 11.3. The van der Waals surface area contributed by atoms with Gasteiger partial charge < -0.3 is 16.0 Å². The van der Waals surface area contributed by atoms with Crippen molar-refractivity contribution in [3.8, 4) is 0 Å². The van der Waals surface area contributed by atoms with E-state index in [0.29, 0.717) is 13.0 Å². The van der Waals surface area contributed by atoms with E-state index in [9.17, 15) is 4.79 Å². The third-order valence-corrected chi connectivity index (χ3v) is 1.96. The Hall–Kier alpha value is -1.36. The van der Waals surface area contributed by atoms with E-state index in [-0.39, 0.29) is 11.9 Å². The quantitative estimate of drug-likeness (QED) is 0.634. The predicted octanol–water partition coefficient (Wildman–Crippen LogP) is 0.326. The van der Waals surface area contributed by atoms with Crippen molar-refractivity contribution in [1.82, 2.24) is 15.3 Å². The lowest BCUT2D eigenvalue weighted by molar-refractivity contribution is -0.121. The van der Waals surface area contributed by atoms with Gasteiger partial charge in [-0.25, -0.2) is 4.98 Å². The number of carbonyl (C=O) groups excluding carboxylic acids is 1. The van der Waals surface area contributed by atoms with Gasteiger partial charge in [-0.05, 0) is 6.42 Å². The molecule has 5 nitrogen and oxygen atoms in total. The number of nitrogens with two attached hydrogens (primary N) is 1. The van der Waals surface area contributed by atoms with Gasteiger partial charge in [-0.1, -0.05) is 6.92 Å². The second-order valence-electron chi connectivity index (χ2n) is 3.04. The van der Waals surface area contributed by atoms with Gasteiger partial charge in [0.05, 0.1) is 6.04 Å². The molecule has 4 N–H and O–H groups in total. The number of nitrogens with one attached hydrogen (secondary N) is 2. The maximum Gasteiger partial charge on any atom is 0.221 e. The molecule has 1 rings (SSSR count). The van der Waals surface area contributed by atoms with Gasteiger partial charge >= 0.3 is 0 Å². The predicted molar refractivity (Wildman–Crippen MR) is 53.4 cm³/mol. The van der Waals surface area contributed by atoms with Gasteiger partial charge in [-0.2, -0.15) is 0 Å². The Balaban J connectivity index is 2.51. The molecule has 0 aliphatic rings. The van der Waals surface area contributed by atoms with Crippen LogP contribution in [0.25, 0.3) is 0 Å². The molecule has 14 heavy (non-hydrogen) atoms. The molecule has 78 valence electrons. The van der Waals surface area contributed by atoms with E-state index >= 15 is 0 Å². The molecule has 1 atom stereocenters. The Bertz CT molecular complexity index is 270. The number of aromatic nitrogens is 2. The van der Waals surface area contributed by atoms with E-state index < -0.39 is 0 Å². The smallest absolute Gasteiger partial charge is 0.221 e.